The van der Waals surface area contributed by atoms with Crippen molar-refractivity contribution in [1.82, 2.24) is 4.98 Å². The molecule has 0 amide bonds. The Morgan fingerprint density at radius 1 is 1.30 bits per heavy atom. The van der Waals surface area contributed by atoms with Gasteiger partial charge in [0.1, 0.15) is 0 Å². The number of rotatable bonds is 3. The highest BCUT2D eigenvalue weighted by molar-refractivity contribution is 7.92. The van der Waals surface area contributed by atoms with E-state index in [0.29, 0.717) is 16.8 Å². The summed E-state index contributed by atoms with van der Waals surface area (Å²) < 4.78 is 26.4. The van der Waals surface area contributed by atoms with Crippen molar-refractivity contribution in [3.8, 4) is 6.07 Å². The highest BCUT2D eigenvalue weighted by Crippen LogP contribution is 2.24. The molecule has 0 unspecified atom stereocenters. The molecule has 0 atom stereocenters. The van der Waals surface area contributed by atoms with E-state index in [4.69, 9.17) is 5.26 Å². The molecule has 0 bridgehead atoms. The average molecular weight is 287 g/mol. The molecule has 0 aliphatic rings. The molecular weight excluding hydrogens is 274 g/mol. The first kappa shape index (κ1) is 14.0. The summed E-state index contributed by atoms with van der Waals surface area (Å²) in [6.45, 7) is 1.70. The molecule has 1 aromatic heterocycles. The van der Waals surface area contributed by atoms with E-state index in [1.54, 1.807) is 37.4 Å². The van der Waals surface area contributed by atoms with E-state index < -0.39 is 10.0 Å². The van der Waals surface area contributed by atoms with E-state index >= 15 is 0 Å². The van der Waals surface area contributed by atoms with Crippen LogP contribution < -0.4 is 4.31 Å². The lowest BCUT2D eigenvalue weighted by atomic mass is 10.2. The molecule has 6 heteroatoms. The molecule has 20 heavy (non-hydrogen) atoms. The quantitative estimate of drug-likeness (QED) is 0.866. The molecule has 5 nitrogen and oxygen atoms in total. The fourth-order valence-electron chi connectivity index (χ4n) is 1.77. The standard InChI is InChI=1S/C14H13N3O2S/c1-11-5-6-12(9-15)8-14(11)20(18,19)17(2)13-4-3-7-16-10-13/h3-8,10H,1-2H3. The first-order chi connectivity index (χ1) is 9.46. The lowest BCUT2D eigenvalue weighted by Crippen LogP contribution is -2.27. The number of aromatic nitrogens is 1. The number of anilines is 1. The van der Waals surface area contributed by atoms with Crippen LogP contribution in [0.1, 0.15) is 11.1 Å². The van der Waals surface area contributed by atoms with Crippen molar-refractivity contribution >= 4 is 15.7 Å². The molecule has 102 valence electrons. The van der Waals surface area contributed by atoms with Gasteiger partial charge in [0.15, 0.2) is 0 Å². The smallest absolute Gasteiger partial charge is 0.264 e. The van der Waals surface area contributed by atoms with Gasteiger partial charge in [-0.15, -0.1) is 0 Å². The summed E-state index contributed by atoms with van der Waals surface area (Å²) in [6.07, 6.45) is 3.05. The number of nitrogens with zero attached hydrogens (tertiary/aromatic N) is 3. The maximum absolute atomic E-state index is 12.6. The number of benzene rings is 1. The molecule has 0 saturated carbocycles. The lowest BCUT2D eigenvalue weighted by molar-refractivity contribution is 0.593. The van der Waals surface area contributed by atoms with Crippen LogP contribution in [-0.4, -0.2) is 20.4 Å². The van der Waals surface area contributed by atoms with Crippen molar-refractivity contribution in [3.05, 3.63) is 53.9 Å². The van der Waals surface area contributed by atoms with E-state index in [2.05, 4.69) is 4.98 Å². The molecule has 1 aromatic carbocycles. The van der Waals surface area contributed by atoms with E-state index in [1.807, 2.05) is 6.07 Å². The van der Waals surface area contributed by atoms with Crippen molar-refractivity contribution in [1.29, 1.82) is 5.26 Å². The predicted octanol–water partition coefficient (Wildman–Crippen LogP) is 2.09. The molecule has 1 heterocycles. The number of nitriles is 1. The van der Waals surface area contributed by atoms with Crippen molar-refractivity contribution in [2.45, 2.75) is 11.8 Å². The van der Waals surface area contributed by atoms with Crippen LogP contribution in [0.3, 0.4) is 0 Å². The van der Waals surface area contributed by atoms with Crippen LogP contribution in [-0.2, 0) is 10.0 Å². The number of hydrogen-bond acceptors (Lipinski definition) is 4. The second-order valence-electron chi connectivity index (χ2n) is 4.28. The Kier molecular flexibility index (Phi) is 3.72. The van der Waals surface area contributed by atoms with Gasteiger partial charge in [-0.05, 0) is 36.8 Å². The van der Waals surface area contributed by atoms with Gasteiger partial charge in [-0.3, -0.25) is 9.29 Å². The highest BCUT2D eigenvalue weighted by atomic mass is 32.2. The predicted molar refractivity (Wildman–Crippen MR) is 75.7 cm³/mol. The third-order valence-corrected chi connectivity index (χ3v) is 4.89. The summed E-state index contributed by atoms with van der Waals surface area (Å²) in [6, 6.07) is 9.89. The van der Waals surface area contributed by atoms with Gasteiger partial charge in [0, 0.05) is 13.2 Å². The monoisotopic (exact) mass is 287 g/mol. The summed E-state index contributed by atoms with van der Waals surface area (Å²) in [5.41, 5.74) is 1.38. The minimum absolute atomic E-state index is 0.128. The zero-order valence-corrected chi connectivity index (χ0v) is 11.9. The average Bonchev–Trinajstić information content (AvgIpc) is 2.47. The van der Waals surface area contributed by atoms with Crippen LogP contribution in [0, 0.1) is 18.3 Å². The normalized spacial score (nSPS) is 10.8. The van der Waals surface area contributed by atoms with Gasteiger partial charge in [-0.1, -0.05) is 6.07 Å². The maximum Gasteiger partial charge on any atom is 0.264 e. The van der Waals surface area contributed by atoms with Crippen molar-refractivity contribution in [2.75, 3.05) is 11.4 Å². The van der Waals surface area contributed by atoms with Crippen LogP contribution in [0.2, 0.25) is 0 Å². The van der Waals surface area contributed by atoms with Crippen LogP contribution >= 0.6 is 0 Å². The molecule has 0 aliphatic carbocycles. The van der Waals surface area contributed by atoms with Crippen molar-refractivity contribution in [2.24, 2.45) is 0 Å². The Hall–Kier alpha value is -2.39. The zero-order chi connectivity index (χ0) is 14.8. The summed E-state index contributed by atoms with van der Waals surface area (Å²) in [5, 5.41) is 8.91. The first-order valence-electron chi connectivity index (χ1n) is 5.86. The molecule has 0 aliphatic heterocycles. The topological polar surface area (TPSA) is 74.1 Å². The largest absolute Gasteiger partial charge is 0.268 e. The third-order valence-electron chi connectivity index (χ3n) is 2.97. The fourth-order valence-corrected chi connectivity index (χ4v) is 3.21. The van der Waals surface area contributed by atoms with Crippen molar-refractivity contribution < 1.29 is 8.42 Å². The highest BCUT2D eigenvalue weighted by Gasteiger charge is 2.23. The molecule has 2 aromatic rings. The molecule has 0 N–H and O–H groups in total. The Labute approximate surface area is 118 Å². The minimum atomic E-state index is -3.71. The Morgan fingerprint density at radius 3 is 2.65 bits per heavy atom. The third kappa shape index (κ3) is 2.49. The van der Waals surface area contributed by atoms with E-state index in [9.17, 15) is 8.42 Å². The molecule has 2 rings (SSSR count). The lowest BCUT2D eigenvalue weighted by Gasteiger charge is -2.20. The van der Waals surface area contributed by atoms with E-state index in [-0.39, 0.29) is 4.90 Å². The van der Waals surface area contributed by atoms with Gasteiger partial charge in [0.2, 0.25) is 0 Å². The number of pyridine rings is 1. The van der Waals surface area contributed by atoms with Crippen LogP contribution in [0.4, 0.5) is 5.69 Å². The summed E-state index contributed by atoms with van der Waals surface area (Å²) in [4.78, 5) is 4.04. The van der Waals surface area contributed by atoms with E-state index in [0.717, 1.165) is 4.31 Å². The summed E-state index contributed by atoms with van der Waals surface area (Å²) in [7, 11) is -2.25. The second kappa shape index (κ2) is 5.31. The second-order valence-corrected chi connectivity index (χ2v) is 6.21. The molecule has 0 spiro atoms. The Balaban J connectivity index is 2.54. The summed E-state index contributed by atoms with van der Waals surface area (Å²) in [5.74, 6) is 0. The Bertz CT molecular complexity index is 765. The summed E-state index contributed by atoms with van der Waals surface area (Å²) >= 11 is 0. The SMILES string of the molecule is Cc1ccc(C#N)cc1S(=O)(=O)N(C)c1cccnc1. The van der Waals surface area contributed by atoms with E-state index in [1.165, 1.54) is 19.3 Å². The van der Waals surface area contributed by atoms with Gasteiger partial charge in [0.05, 0.1) is 28.4 Å². The van der Waals surface area contributed by atoms with Crippen LogP contribution in [0.25, 0.3) is 0 Å². The molecule has 0 saturated heterocycles. The van der Waals surface area contributed by atoms with Crippen LogP contribution in [0.5, 0.6) is 0 Å². The number of aryl methyl sites for hydroxylation is 1. The first-order valence-corrected chi connectivity index (χ1v) is 7.30. The molecular formula is C14H13N3O2S. The van der Waals surface area contributed by atoms with Crippen molar-refractivity contribution in [3.63, 3.8) is 0 Å². The molecule has 0 fully saturated rings. The van der Waals surface area contributed by atoms with Gasteiger partial charge in [0.25, 0.3) is 10.0 Å². The molecule has 0 radical (unpaired) electrons. The minimum Gasteiger partial charge on any atom is -0.268 e. The van der Waals surface area contributed by atoms with Crippen LogP contribution in [0.15, 0.2) is 47.6 Å². The Morgan fingerprint density at radius 2 is 2.05 bits per heavy atom. The zero-order valence-electron chi connectivity index (χ0n) is 11.1. The van der Waals surface area contributed by atoms with Gasteiger partial charge >= 0.3 is 0 Å². The number of hydrogen-bond donors (Lipinski definition) is 0. The van der Waals surface area contributed by atoms with Gasteiger partial charge in [-0.2, -0.15) is 5.26 Å². The fraction of sp³-hybridized carbons (Fsp3) is 0.143. The number of sulfonamides is 1. The maximum atomic E-state index is 12.6. The van der Waals surface area contributed by atoms with Gasteiger partial charge in [-0.25, -0.2) is 8.42 Å². The van der Waals surface area contributed by atoms with Gasteiger partial charge < -0.3 is 0 Å².